The fourth-order valence-electron chi connectivity index (χ4n) is 2.21. The van der Waals surface area contributed by atoms with Crippen LogP contribution in [0.2, 0.25) is 0 Å². The van der Waals surface area contributed by atoms with Gasteiger partial charge in [-0.05, 0) is 33.6 Å². The average Bonchev–Trinajstić information content (AvgIpc) is 2.29. The van der Waals surface area contributed by atoms with Crippen molar-refractivity contribution in [3.8, 4) is 0 Å². The summed E-state index contributed by atoms with van der Waals surface area (Å²) in [5, 5.41) is 0.231. The molecule has 1 fully saturated rings. The number of aromatic nitrogens is 2. The maximum absolute atomic E-state index is 12.4. The molecule has 1 saturated heterocycles. The van der Waals surface area contributed by atoms with Gasteiger partial charge in [0.05, 0.1) is 0 Å². The average molecular weight is 270 g/mol. The van der Waals surface area contributed by atoms with Crippen LogP contribution in [0.25, 0.3) is 0 Å². The molecule has 0 N–H and O–H groups in total. The standard InChI is InChI=1S/C13H20ClN3O/c1-13(2,3)17-9-6-15-11(12(17)18)16-7-4-10(14)5-8-16/h6,9-10H,4-5,7-8H2,1-3H3. The second kappa shape index (κ2) is 4.92. The minimum Gasteiger partial charge on any atom is -0.352 e. The van der Waals surface area contributed by atoms with Crippen LogP contribution in [-0.2, 0) is 5.54 Å². The first-order chi connectivity index (χ1) is 8.39. The largest absolute Gasteiger partial charge is 0.352 e. The first-order valence-corrected chi connectivity index (χ1v) is 6.80. The quantitative estimate of drug-likeness (QED) is 0.734. The highest BCUT2D eigenvalue weighted by atomic mass is 35.5. The van der Waals surface area contributed by atoms with E-state index in [1.54, 1.807) is 17.0 Å². The third kappa shape index (κ3) is 2.69. The predicted molar refractivity (Wildman–Crippen MR) is 74.6 cm³/mol. The molecule has 0 bridgehead atoms. The van der Waals surface area contributed by atoms with Gasteiger partial charge in [-0.1, -0.05) is 0 Å². The summed E-state index contributed by atoms with van der Waals surface area (Å²) >= 11 is 6.08. The highest BCUT2D eigenvalue weighted by Crippen LogP contribution is 2.19. The van der Waals surface area contributed by atoms with E-state index in [1.165, 1.54) is 0 Å². The predicted octanol–water partition coefficient (Wildman–Crippen LogP) is 2.21. The van der Waals surface area contributed by atoms with Gasteiger partial charge in [0.1, 0.15) is 0 Å². The van der Waals surface area contributed by atoms with E-state index in [0.717, 1.165) is 25.9 Å². The molecule has 1 aliphatic heterocycles. The van der Waals surface area contributed by atoms with Crippen molar-refractivity contribution in [3.63, 3.8) is 0 Å². The maximum Gasteiger partial charge on any atom is 0.293 e. The normalized spacial score (nSPS) is 18.1. The number of alkyl halides is 1. The van der Waals surface area contributed by atoms with Gasteiger partial charge in [0.15, 0.2) is 5.82 Å². The molecular formula is C13H20ClN3O. The molecule has 18 heavy (non-hydrogen) atoms. The molecule has 4 nitrogen and oxygen atoms in total. The van der Waals surface area contributed by atoms with Crippen molar-refractivity contribution in [1.29, 1.82) is 0 Å². The van der Waals surface area contributed by atoms with Crippen molar-refractivity contribution < 1.29 is 0 Å². The summed E-state index contributed by atoms with van der Waals surface area (Å²) in [7, 11) is 0. The molecule has 0 radical (unpaired) electrons. The van der Waals surface area contributed by atoms with Crippen molar-refractivity contribution in [3.05, 3.63) is 22.7 Å². The molecule has 2 heterocycles. The lowest BCUT2D eigenvalue weighted by molar-refractivity contribution is 0.381. The van der Waals surface area contributed by atoms with E-state index >= 15 is 0 Å². The lowest BCUT2D eigenvalue weighted by Gasteiger charge is -2.31. The molecule has 0 atom stereocenters. The lowest BCUT2D eigenvalue weighted by atomic mass is 10.1. The summed E-state index contributed by atoms with van der Waals surface area (Å²) in [5.74, 6) is 0.552. The number of rotatable bonds is 1. The fraction of sp³-hybridized carbons (Fsp3) is 0.692. The van der Waals surface area contributed by atoms with Crippen LogP contribution >= 0.6 is 11.6 Å². The second-order valence-corrected chi connectivity index (χ2v) is 6.38. The molecule has 0 amide bonds. The number of piperidine rings is 1. The summed E-state index contributed by atoms with van der Waals surface area (Å²) in [6.45, 7) is 7.67. The number of nitrogens with zero attached hydrogens (tertiary/aromatic N) is 3. The third-order valence-electron chi connectivity index (χ3n) is 3.27. The monoisotopic (exact) mass is 269 g/mol. The van der Waals surface area contributed by atoms with Gasteiger partial charge in [0, 0.05) is 36.4 Å². The molecule has 0 saturated carbocycles. The zero-order valence-corrected chi connectivity index (χ0v) is 11.9. The smallest absolute Gasteiger partial charge is 0.293 e. The molecule has 2 rings (SSSR count). The summed E-state index contributed by atoms with van der Waals surface area (Å²) in [6.07, 6.45) is 5.27. The van der Waals surface area contributed by atoms with E-state index in [9.17, 15) is 4.79 Å². The Kier molecular flexibility index (Phi) is 3.66. The van der Waals surface area contributed by atoms with Gasteiger partial charge in [0.2, 0.25) is 0 Å². The van der Waals surface area contributed by atoms with Crippen LogP contribution in [0.5, 0.6) is 0 Å². The molecule has 1 aromatic rings. The van der Waals surface area contributed by atoms with E-state index in [1.807, 2.05) is 25.7 Å². The topological polar surface area (TPSA) is 38.1 Å². The lowest BCUT2D eigenvalue weighted by Crippen LogP contribution is -2.42. The van der Waals surface area contributed by atoms with Crippen LogP contribution in [0.3, 0.4) is 0 Å². The van der Waals surface area contributed by atoms with Crippen molar-refractivity contribution in [2.45, 2.75) is 44.5 Å². The van der Waals surface area contributed by atoms with Gasteiger partial charge in [-0.15, -0.1) is 11.6 Å². The molecule has 0 unspecified atom stereocenters. The van der Waals surface area contributed by atoms with Crippen molar-refractivity contribution >= 4 is 17.4 Å². The van der Waals surface area contributed by atoms with Gasteiger partial charge >= 0.3 is 0 Å². The van der Waals surface area contributed by atoms with Gasteiger partial charge in [0.25, 0.3) is 5.56 Å². The Balaban J connectivity index is 2.32. The van der Waals surface area contributed by atoms with Gasteiger partial charge in [-0.2, -0.15) is 0 Å². The summed E-state index contributed by atoms with van der Waals surface area (Å²) in [5.41, 5.74) is -0.238. The molecule has 0 aromatic carbocycles. The Morgan fingerprint density at radius 1 is 1.33 bits per heavy atom. The summed E-state index contributed by atoms with van der Waals surface area (Å²) < 4.78 is 1.74. The Hall–Kier alpha value is -1.03. The van der Waals surface area contributed by atoms with Crippen molar-refractivity contribution in [2.75, 3.05) is 18.0 Å². The van der Waals surface area contributed by atoms with E-state index in [2.05, 4.69) is 4.98 Å². The van der Waals surface area contributed by atoms with Crippen molar-refractivity contribution in [1.82, 2.24) is 9.55 Å². The summed E-state index contributed by atoms with van der Waals surface area (Å²) in [4.78, 5) is 18.7. The van der Waals surface area contributed by atoms with Crippen LogP contribution in [0, 0.1) is 0 Å². The zero-order chi connectivity index (χ0) is 13.3. The molecule has 1 aromatic heterocycles. The van der Waals surface area contributed by atoms with Crippen LogP contribution in [0.1, 0.15) is 33.6 Å². The van der Waals surface area contributed by atoms with Crippen LogP contribution < -0.4 is 10.5 Å². The fourth-order valence-corrected chi connectivity index (χ4v) is 2.40. The Labute approximate surface area is 113 Å². The minimum absolute atomic E-state index is 0.0157. The van der Waals surface area contributed by atoms with Gasteiger partial charge in [-0.3, -0.25) is 4.79 Å². The maximum atomic E-state index is 12.4. The van der Waals surface area contributed by atoms with Crippen molar-refractivity contribution in [2.24, 2.45) is 0 Å². The number of hydrogen-bond acceptors (Lipinski definition) is 3. The third-order valence-corrected chi connectivity index (χ3v) is 3.71. The minimum atomic E-state index is -0.223. The Morgan fingerprint density at radius 2 is 1.94 bits per heavy atom. The number of halogens is 1. The molecule has 100 valence electrons. The highest BCUT2D eigenvalue weighted by molar-refractivity contribution is 6.20. The molecule has 0 spiro atoms. The Bertz CT molecular complexity index is 470. The molecular weight excluding hydrogens is 250 g/mol. The van der Waals surface area contributed by atoms with Gasteiger partial charge < -0.3 is 9.47 Å². The van der Waals surface area contributed by atoms with E-state index in [0.29, 0.717) is 5.82 Å². The zero-order valence-electron chi connectivity index (χ0n) is 11.2. The number of anilines is 1. The van der Waals surface area contributed by atoms with E-state index < -0.39 is 0 Å². The second-order valence-electron chi connectivity index (χ2n) is 5.76. The van der Waals surface area contributed by atoms with Gasteiger partial charge in [-0.25, -0.2) is 4.98 Å². The Morgan fingerprint density at radius 3 is 2.50 bits per heavy atom. The van der Waals surface area contributed by atoms with Crippen LogP contribution in [-0.4, -0.2) is 28.0 Å². The molecule has 0 aliphatic carbocycles. The first-order valence-electron chi connectivity index (χ1n) is 6.37. The molecule has 5 heteroatoms. The van der Waals surface area contributed by atoms with Crippen LogP contribution in [0.4, 0.5) is 5.82 Å². The highest BCUT2D eigenvalue weighted by Gasteiger charge is 2.23. The first kappa shape index (κ1) is 13.4. The van der Waals surface area contributed by atoms with Crippen LogP contribution in [0.15, 0.2) is 17.2 Å². The number of hydrogen-bond donors (Lipinski definition) is 0. The molecule has 1 aliphatic rings. The van der Waals surface area contributed by atoms with E-state index in [4.69, 9.17) is 11.6 Å². The summed E-state index contributed by atoms with van der Waals surface area (Å²) in [6, 6.07) is 0. The SMILES string of the molecule is CC(C)(C)n1ccnc(N2CCC(Cl)CC2)c1=O. The van der Waals surface area contributed by atoms with E-state index in [-0.39, 0.29) is 16.5 Å².